The Bertz CT molecular complexity index is 374. The summed E-state index contributed by atoms with van der Waals surface area (Å²) in [6, 6.07) is -0.0259. The molecule has 0 spiro atoms. The van der Waals surface area contributed by atoms with Crippen molar-refractivity contribution in [3.63, 3.8) is 0 Å². The second-order valence-electron chi connectivity index (χ2n) is 2.94. The summed E-state index contributed by atoms with van der Waals surface area (Å²) in [5, 5.41) is 2.25. The van der Waals surface area contributed by atoms with Crippen molar-refractivity contribution in [1.82, 2.24) is 15.0 Å². The van der Waals surface area contributed by atoms with E-state index in [1.165, 1.54) is 0 Å². The number of aromatic nitrogens is 3. The monoisotopic (exact) mass is 270 g/mol. The van der Waals surface area contributed by atoms with E-state index in [0.717, 1.165) is 0 Å². The second-order valence-corrected chi connectivity index (χ2v) is 3.27. The number of nitrogens with one attached hydrogen (secondary N) is 1. The van der Waals surface area contributed by atoms with Crippen LogP contribution in [-0.2, 0) is 0 Å². The van der Waals surface area contributed by atoms with E-state index in [1.807, 2.05) is 0 Å². The normalized spacial score (nSPS) is 11.4. The van der Waals surface area contributed by atoms with Crippen LogP contribution in [0.5, 0.6) is 6.01 Å². The van der Waals surface area contributed by atoms with Crippen LogP contribution in [0.3, 0.4) is 0 Å². The molecule has 0 aliphatic carbocycles. The van der Waals surface area contributed by atoms with Gasteiger partial charge in [0, 0.05) is 6.54 Å². The molecule has 17 heavy (non-hydrogen) atoms. The smallest absolute Gasteiger partial charge is 0.390 e. The number of alkyl halides is 3. The number of nitrogens with zero attached hydrogens (tertiary/aromatic N) is 3. The topological polar surface area (TPSA) is 59.9 Å². The molecular formula is C8H10ClF3N4O. The van der Waals surface area contributed by atoms with Gasteiger partial charge in [-0.05, 0) is 18.5 Å². The van der Waals surface area contributed by atoms with Gasteiger partial charge in [-0.1, -0.05) is 0 Å². The maximum absolute atomic E-state index is 11.9. The summed E-state index contributed by atoms with van der Waals surface area (Å²) in [6.45, 7) is 1.70. The zero-order chi connectivity index (χ0) is 12.9. The average Bonchev–Trinajstić information content (AvgIpc) is 2.15. The lowest BCUT2D eigenvalue weighted by atomic mass is 10.4. The molecule has 1 aromatic heterocycles. The lowest BCUT2D eigenvalue weighted by Gasteiger charge is -2.08. The highest BCUT2D eigenvalue weighted by molar-refractivity contribution is 6.28. The largest absolute Gasteiger partial charge is 0.464 e. The zero-order valence-corrected chi connectivity index (χ0v) is 9.64. The molecule has 0 aliphatic rings. The summed E-state index contributed by atoms with van der Waals surface area (Å²) in [7, 11) is 0. The highest BCUT2D eigenvalue weighted by atomic mass is 35.5. The van der Waals surface area contributed by atoms with Gasteiger partial charge in [-0.25, -0.2) is 0 Å². The molecule has 0 radical (unpaired) electrons. The van der Waals surface area contributed by atoms with E-state index in [9.17, 15) is 13.2 Å². The summed E-state index contributed by atoms with van der Waals surface area (Å²) in [4.78, 5) is 11.0. The van der Waals surface area contributed by atoms with E-state index in [1.54, 1.807) is 6.92 Å². The Morgan fingerprint density at radius 3 is 2.59 bits per heavy atom. The molecule has 0 bridgehead atoms. The molecular weight excluding hydrogens is 261 g/mol. The molecule has 0 aromatic carbocycles. The van der Waals surface area contributed by atoms with Crippen LogP contribution in [0, 0.1) is 0 Å². The third-order valence-electron chi connectivity index (χ3n) is 1.55. The lowest BCUT2D eigenvalue weighted by Crippen LogP contribution is -2.16. The van der Waals surface area contributed by atoms with Gasteiger partial charge in [-0.15, -0.1) is 0 Å². The van der Waals surface area contributed by atoms with Gasteiger partial charge in [0.1, 0.15) is 0 Å². The van der Waals surface area contributed by atoms with Crippen LogP contribution < -0.4 is 10.1 Å². The van der Waals surface area contributed by atoms with E-state index in [4.69, 9.17) is 16.3 Å². The quantitative estimate of drug-likeness (QED) is 0.889. The van der Waals surface area contributed by atoms with Crippen molar-refractivity contribution >= 4 is 17.5 Å². The first-order valence-electron chi connectivity index (χ1n) is 4.75. The molecule has 0 saturated heterocycles. The van der Waals surface area contributed by atoms with Gasteiger partial charge in [-0.2, -0.15) is 28.1 Å². The fraction of sp³-hybridized carbons (Fsp3) is 0.625. The molecule has 5 nitrogen and oxygen atoms in total. The van der Waals surface area contributed by atoms with E-state index in [0.29, 0.717) is 6.61 Å². The van der Waals surface area contributed by atoms with Crippen molar-refractivity contribution in [2.45, 2.75) is 19.5 Å². The molecule has 1 rings (SSSR count). The number of anilines is 1. The summed E-state index contributed by atoms with van der Waals surface area (Å²) in [6.07, 6.45) is -5.22. The van der Waals surface area contributed by atoms with Gasteiger partial charge in [0.25, 0.3) is 0 Å². The van der Waals surface area contributed by atoms with Gasteiger partial charge < -0.3 is 10.1 Å². The number of rotatable bonds is 5. The molecule has 1 heterocycles. The third kappa shape index (κ3) is 5.53. The first-order valence-corrected chi connectivity index (χ1v) is 5.13. The molecule has 96 valence electrons. The van der Waals surface area contributed by atoms with Crippen LogP contribution in [0.1, 0.15) is 13.3 Å². The molecule has 1 N–H and O–H groups in total. The number of hydrogen-bond donors (Lipinski definition) is 1. The number of halogens is 4. The van der Waals surface area contributed by atoms with E-state index in [-0.39, 0.29) is 23.8 Å². The van der Waals surface area contributed by atoms with Crippen molar-refractivity contribution in [3.8, 4) is 6.01 Å². The van der Waals surface area contributed by atoms with E-state index >= 15 is 0 Å². The fourth-order valence-corrected chi connectivity index (χ4v) is 1.07. The Balaban J connectivity index is 2.58. The Hall–Kier alpha value is -1.31. The minimum absolute atomic E-state index is 0.0259. The van der Waals surface area contributed by atoms with Crippen LogP contribution in [0.4, 0.5) is 19.1 Å². The average molecular weight is 271 g/mol. The fourth-order valence-electron chi connectivity index (χ4n) is 0.921. The molecule has 0 fully saturated rings. The number of ether oxygens (including phenoxy) is 1. The molecule has 0 saturated carbocycles. The first kappa shape index (κ1) is 13.8. The predicted octanol–water partition coefficient (Wildman–Crippen LogP) is 2.29. The summed E-state index contributed by atoms with van der Waals surface area (Å²) in [5.74, 6) is -0.0438. The minimum Gasteiger partial charge on any atom is -0.464 e. The van der Waals surface area contributed by atoms with Gasteiger partial charge in [0.2, 0.25) is 11.2 Å². The summed E-state index contributed by atoms with van der Waals surface area (Å²) < 4.78 is 40.6. The predicted molar refractivity (Wildman–Crippen MR) is 55.2 cm³/mol. The molecule has 0 amide bonds. The Labute approximate surface area is 100 Å². The molecule has 0 unspecified atom stereocenters. The van der Waals surface area contributed by atoms with Gasteiger partial charge >= 0.3 is 12.2 Å². The van der Waals surface area contributed by atoms with Crippen molar-refractivity contribution in [2.75, 3.05) is 18.5 Å². The molecule has 9 heteroatoms. The zero-order valence-electron chi connectivity index (χ0n) is 8.88. The maximum Gasteiger partial charge on any atom is 0.390 e. The number of hydrogen-bond acceptors (Lipinski definition) is 5. The van der Waals surface area contributed by atoms with Gasteiger partial charge in [0.15, 0.2) is 0 Å². The van der Waals surface area contributed by atoms with Crippen LogP contribution in [0.2, 0.25) is 5.28 Å². The summed E-state index contributed by atoms with van der Waals surface area (Å²) >= 11 is 5.55. The Kier molecular flexibility index (Phi) is 4.73. The van der Waals surface area contributed by atoms with Gasteiger partial charge in [0.05, 0.1) is 13.0 Å². The van der Waals surface area contributed by atoms with Crippen LogP contribution in [0.25, 0.3) is 0 Å². The highest BCUT2D eigenvalue weighted by Crippen LogP contribution is 2.19. The standard InChI is InChI=1S/C8H10ClF3N4O/c1-2-17-7-15-5(9)14-6(16-7)13-4-3-8(10,11)12/h2-4H2,1H3,(H,13,14,15,16). The maximum atomic E-state index is 11.9. The Morgan fingerprint density at radius 2 is 2.00 bits per heavy atom. The minimum atomic E-state index is -4.23. The Morgan fingerprint density at radius 1 is 1.29 bits per heavy atom. The summed E-state index contributed by atoms with van der Waals surface area (Å²) in [5.41, 5.74) is 0. The van der Waals surface area contributed by atoms with E-state index < -0.39 is 12.6 Å². The molecule has 1 aromatic rings. The third-order valence-corrected chi connectivity index (χ3v) is 1.72. The highest BCUT2D eigenvalue weighted by Gasteiger charge is 2.26. The first-order chi connectivity index (χ1) is 7.90. The van der Waals surface area contributed by atoms with Crippen molar-refractivity contribution in [2.24, 2.45) is 0 Å². The SMILES string of the molecule is CCOc1nc(Cl)nc(NCCC(F)(F)F)n1. The van der Waals surface area contributed by atoms with Gasteiger partial charge in [-0.3, -0.25) is 0 Å². The van der Waals surface area contributed by atoms with Crippen LogP contribution in [-0.4, -0.2) is 34.3 Å². The lowest BCUT2D eigenvalue weighted by molar-refractivity contribution is -0.131. The second kappa shape index (κ2) is 5.85. The van der Waals surface area contributed by atoms with E-state index in [2.05, 4.69) is 20.3 Å². The van der Waals surface area contributed by atoms with Crippen molar-refractivity contribution < 1.29 is 17.9 Å². The van der Waals surface area contributed by atoms with Crippen molar-refractivity contribution in [3.05, 3.63) is 5.28 Å². The van der Waals surface area contributed by atoms with Crippen LogP contribution >= 0.6 is 11.6 Å². The van der Waals surface area contributed by atoms with Crippen molar-refractivity contribution in [1.29, 1.82) is 0 Å². The molecule has 0 aliphatic heterocycles. The molecule has 0 atom stereocenters. The van der Waals surface area contributed by atoms with Crippen LogP contribution in [0.15, 0.2) is 0 Å².